The van der Waals surface area contributed by atoms with Crippen molar-refractivity contribution in [3.63, 3.8) is 0 Å². The molecule has 1 spiro atoms. The van der Waals surface area contributed by atoms with E-state index >= 15 is 13.2 Å². The number of aromatic hydroxyl groups is 1. The van der Waals surface area contributed by atoms with Crippen LogP contribution in [-0.4, -0.2) is 148 Å². The Kier molecular flexibility index (Phi) is 11.2. The van der Waals surface area contributed by atoms with E-state index in [0.717, 1.165) is 102 Å². The summed E-state index contributed by atoms with van der Waals surface area (Å²) in [7, 11) is 0. The largest absolute Gasteiger partial charge is 0.508 e. The Morgan fingerprint density at radius 2 is 1.55 bits per heavy atom. The van der Waals surface area contributed by atoms with E-state index in [0.29, 0.717) is 68.8 Å². The van der Waals surface area contributed by atoms with Crippen molar-refractivity contribution in [2.45, 2.75) is 94.5 Å². The number of phenolic OH excluding ortho intramolecular Hbond substituents is 1. The first-order valence-corrected chi connectivity index (χ1v) is 26.0. The van der Waals surface area contributed by atoms with Crippen molar-refractivity contribution in [2.75, 3.05) is 81.9 Å². The van der Waals surface area contributed by atoms with Crippen molar-refractivity contribution in [3.05, 3.63) is 77.2 Å². The van der Waals surface area contributed by atoms with Gasteiger partial charge in [0, 0.05) is 111 Å². The lowest BCUT2D eigenvalue weighted by Gasteiger charge is -2.57. The van der Waals surface area contributed by atoms with E-state index in [-0.39, 0.29) is 80.5 Å². The zero-order chi connectivity index (χ0) is 50.0. The first kappa shape index (κ1) is 46.6. The molecule has 8 heterocycles. The van der Waals surface area contributed by atoms with Crippen LogP contribution >= 0.6 is 0 Å². The molecule has 15 nitrogen and oxygen atoms in total. The van der Waals surface area contributed by atoms with E-state index < -0.39 is 35.1 Å². The number of halogens is 4. The fourth-order valence-electron chi connectivity index (χ4n) is 13.5. The molecule has 5 aromatic rings. The van der Waals surface area contributed by atoms with E-state index in [1.807, 2.05) is 18.2 Å². The Balaban J connectivity index is 0.630. The monoisotopic (exact) mass is 1000 g/mol. The number of piperidine rings is 2. The summed E-state index contributed by atoms with van der Waals surface area (Å²) in [5.74, 6) is -3.78. The number of hydrogen-bond donors (Lipinski definition) is 3. The molecule has 73 heavy (non-hydrogen) atoms. The number of nitrogens with zero attached hydrogens (tertiary/aromatic N) is 8. The normalized spacial score (nSPS) is 25.4. The molecule has 3 amide bonds. The molecule has 5 saturated heterocycles. The van der Waals surface area contributed by atoms with Crippen LogP contribution in [0.5, 0.6) is 11.8 Å². The van der Waals surface area contributed by atoms with Crippen LogP contribution in [0.4, 0.5) is 29.1 Å². The average Bonchev–Trinajstić information content (AvgIpc) is 3.95. The number of amides is 3. The Morgan fingerprint density at radius 1 is 0.795 bits per heavy atom. The summed E-state index contributed by atoms with van der Waals surface area (Å²) in [6, 6.07) is 10.5. The number of ether oxygens (including phenoxy) is 1. The average molecular weight is 1000 g/mol. The molecule has 2 aromatic heterocycles. The summed E-state index contributed by atoms with van der Waals surface area (Å²) in [5.41, 5.74) is 0.715. The lowest BCUT2D eigenvalue weighted by atomic mass is 9.55. The molecular weight excluding hydrogens is 945 g/mol. The number of imide groups is 1. The zero-order valence-electron chi connectivity index (χ0n) is 40.6. The van der Waals surface area contributed by atoms with Crippen LogP contribution in [0.25, 0.3) is 32.9 Å². The van der Waals surface area contributed by atoms with Gasteiger partial charge in [-0.05, 0) is 124 Å². The van der Waals surface area contributed by atoms with Crippen LogP contribution in [0.15, 0.2) is 48.7 Å². The number of benzene rings is 3. The number of phenols is 1. The van der Waals surface area contributed by atoms with Gasteiger partial charge in [0.05, 0.1) is 12.0 Å². The standard InChI is InChI=1S/C54H58F4N10O5/c55-40-6-1-31-20-36(69)21-38(43(31)44(40)56)46-45(57)47-39(22-59-46)48(67-24-33-2-3-34(25-67)60-33)63-51(62-47)73-30-53(9-10-53)28-64-13-11-52(12-14-64)26-54(58,27-52)29-65-15-17-66(18-16-65)35-4-5-37-32(19-35)23-68(50(37)72)41-7-8-42(70)61-49(41)71/h1,4-6,19-22,33-34,41,60,69H,2-3,7-18,23-30H2,(H,61,70,71)/t33?,34?,41-/m0/s1. The SMILES string of the molecule is O=C1CC[C@H](N2Cc3cc(N4CCN(CC5(F)CC6(CCN(CC7(COc8nc(N9CC%10CCC(C9)N%10)c9cnc(-c%10cc(O)cc%11ccc(F)c(F)c%10%11)c(F)c9n8)CC7)CC6)C5)CC4)ccc3C2=O)C(=O)N1. The second-order valence-corrected chi connectivity index (χ2v) is 22.6. The summed E-state index contributed by atoms with van der Waals surface area (Å²) in [6.45, 7) is 7.97. The molecule has 8 aliphatic rings. The molecule has 19 heteroatoms. The van der Waals surface area contributed by atoms with Gasteiger partial charge in [-0.1, -0.05) is 6.07 Å². The summed E-state index contributed by atoms with van der Waals surface area (Å²) in [5, 5.41) is 16.9. The van der Waals surface area contributed by atoms with Crippen molar-refractivity contribution in [1.29, 1.82) is 0 Å². The second-order valence-electron chi connectivity index (χ2n) is 22.6. The molecule has 3 aromatic carbocycles. The van der Waals surface area contributed by atoms with E-state index in [2.05, 4.69) is 40.2 Å². The van der Waals surface area contributed by atoms with E-state index in [9.17, 15) is 23.9 Å². The van der Waals surface area contributed by atoms with Gasteiger partial charge < -0.3 is 34.8 Å². The lowest BCUT2D eigenvalue weighted by Crippen LogP contribution is -2.60. The molecular formula is C54H58F4N10O5. The molecule has 13 rings (SSSR count). The number of pyridine rings is 1. The molecule has 0 radical (unpaired) electrons. The molecule has 3 N–H and O–H groups in total. The maximum Gasteiger partial charge on any atom is 0.319 e. The van der Waals surface area contributed by atoms with Crippen molar-refractivity contribution < 1.29 is 41.8 Å². The van der Waals surface area contributed by atoms with Gasteiger partial charge in [-0.3, -0.25) is 29.6 Å². The number of nitrogens with one attached hydrogen (secondary N) is 2. The van der Waals surface area contributed by atoms with Crippen LogP contribution in [0.1, 0.15) is 80.1 Å². The minimum Gasteiger partial charge on any atom is -0.508 e. The highest BCUT2D eigenvalue weighted by Crippen LogP contribution is 2.58. The maximum atomic E-state index is 17.0. The number of rotatable bonds is 11. The van der Waals surface area contributed by atoms with Crippen molar-refractivity contribution in [2.24, 2.45) is 10.8 Å². The van der Waals surface area contributed by atoms with Gasteiger partial charge in [0.1, 0.15) is 34.5 Å². The van der Waals surface area contributed by atoms with Crippen molar-refractivity contribution >= 4 is 50.9 Å². The van der Waals surface area contributed by atoms with Gasteiger partial charge in [0.15, 0.2) is 17.5 Å². The molecule has 7 fully saturated rings. The van der Waals surface area contributed by atoms with Gasteiger partial charge in [-0.15, -0.1) is 0 Å². The fourth-order valence-corrected chi connectivity index (χ4v) is 13.5. The highest BCUT2D eigenvalue weighted by molar-refractivity contribution is 6.05. The fraction of sp³-hybridized carbons (Fsp3) is 0.519. The second kappa shape index (κ2) is 17.5. The summed E-state index contributed by atoms with van der Waals surface area (Å²) in [4.78, 5) is 62.1. The number of fused-ring (bicyclic) bond motifs is 5. The summed E-state index contributed by atoms with van der Waals surface area (Å²) in [6.07, 6.45) is 8.99. The highest BCUT2D eigenvalue weighted by Gasteiger charge is 2.57. The molecule has 382 valence electrons. The Bertz CT molecular complexity index is 3080. The predicted molar refractivity (Wildman–Crippen MR) is 263 cm³/mol. The Morgan fingerprint density at radius 3 is 2.29 bits per heavy atom. The summed E-state index contributed by atoms with van der Waals surface area (Å²) < 4.78 is 69.8. The molecule has 3 atom stereocenters. The highest BCUT2D eigenvalue weighted by atomic mass is 19.2. The molecule has 2 bridgehead atoms. The topological polar surface area (TPSA) is 160 Å². The van der Waals surface area contributed by atoms with Crippen LogP contribution in [-0.2, 0) is 16.1 Å². The van der Waals surface area contributed by atoms with Gasteiger partial charge in [-0.2, -0.15) is 9.97 Å². The first-order chi connectivity index (χ1) is 35.2. The van der Waals surface area contributed by atoms with Gasteiger partial charge >= 0.3 is 6.01 Å². The van der Waals surface area contributed by atoms with E-state index in [1.54, 1.807) is 4.90 Å². The first-order valence-electron chi connectivity index (χ1n) is 26.0. The van der Waals surface area contributed by atoms with Gasteiger partial charge in [-0.25, -0.2) is 17.6 Å². The third kappa shape index (κ3) is 8.48. The van der Waals surface area contributed by atoms with Crippen LogP contribution in [0.2, 0.25) is 0 Å². The van der Waals surface area contributed by atoms with E-state index in [4.69, 9.17) is 9.72 Å². The van der Waals surface area contributed by atoms with Gasteiger partial charge in [0.2, 0.25) is 11.8 Å². The smallest absolute Gasteiger partial charge is 0.319 e. The Labute approximate surface area is 419 Å². The number of hydrogen-bond acceptors (Lipinski definition) is 13. The van der Waals surface area contributed by atoms with Gasteiger partial charge in [0.25, 0.3) is 5.91 Å². The molecule has 2 unspecified atom stereocenters. The van der Waals surface area contributed by atoms with E-state index in [1.165, 1.54) is 24.4 Å². The minimum absolute atomic E-state index is 0.00509. The van der Waals surface area contributed by atoms with Crippen LogP contribution in [0, 0.1) is 28.3 Å². The number of carbonyl (C=O) groups is 3. The quantitative estimate of drug-likeness (QED) is 0.101. The van der Waals surface area contributed by atoms with Crippen LogP contribution in [0.3, 0.4) is 0 Å². The number of piperazine rings is 2. The number of aromatic nitrogens is 3. The predicted octanol–water partition coefficient (Wildman–Crippen LogP) is 6.24. The van der Waals surface area contributed by atoms with Crippen molar-refractivity contribution in [3.8, 4) is 23.0 Å². The lowest BCUT2D eigenvalue weighted by molar-refractivity contribution is -0.136. The maximum absolute atomic E-state index is 17.0. The van der Waals surface area contributed by atoms with Crippen molar-refractivity contribution in [1.82, 2.24) is 40.3 Å². The minimum atomic E-state index is -1.21. The van der Waals surface area contributed by atoms with Crippen LogP contribution < -0.4 is 25.2 Å². The summed E-state index contributed by atoms with van der Waals surface area (Å²) >= 11 is 0. The molecule has 6 aliphatic heterocycles. The third-order valence-corrected chi connectivity index (χ3v) is 17.5. The number of alkyl halides is 1. The number of anilines is 2. The number of likely N-dealkylation sites (tertiary alicyclic amines) is 1. The molecule has 2 aliphatic carbocycles. The molecule has 2 saturated carbocycles. The Hall–Kier alpha value is -6.18. The zero-order valence-corrected chi connectivity index (χ0v) is 40.6. The third-order valence-electron chi connectivity index (χ3n) is 17.5. The number of carbonyl (C=O) groups excluding carboxylic acids is 3.